The smallest absolute Gasteiger partial charge is 0.226 e. The summed E-state index contributed by atoms with van der Waals surface area (Å²) in [6.45, 7) is 5.73. The molecule has 25 heavy (non-hydrogen) atoms. The van der Waals surface area contributed by atoms with E-state index in [4.69, 9.17) is 4.52 Å². The number of likely N-dealkylation sites (tertiary alicyclic amines) is 1. The highest BCUT2D eigenvalue weighted by molar-refractivity contribution is 5.76. The van der Waals surface area contributed by atoms with Gasteiger partial charge in [0.2, 0.25) is 11.8 Å². The second-order valence-corrected chi connectivity index (χ2v) is 6.73. The van der Waals surface area contributed by atoms with Gasteiger partial charge in [0.1, 0.15) is 5.82 Å². The van der Waals surface area contributed by atoms with Crippen LogP contribution in [-0.2, 0) is 17.6 Å². The Morgan fingerprint density at radius 1 is 1.40 bits per heavy atom. The van der Waals surface area contributed by atoms with Crippen molar-refractivity contribution in [1.82, 2.24) is 24.6 Å². The highest BCUT2D eigenvalue weighted by atomic mass is 16.5. The van der Waals surface area contributed by atoms with Crippen molar-refractivity contribution in [2.45, 2.75) is 64.8 Å². The number of carbonyl (C=O) groups is 1. The average molecular weight is 345 g/mol. The lowest BCUT2D eigenvalue weighted by atomic mass is 10.0. The van der Waals surface area contributed by atoms with Crippen molar-refractivity contribution < 1.29 is 9.32 Å². The fourth-order valence-electron chi connectivity index (χ4n) is 3.45. The number of nitrogens with zero attached hydrogens (tertiary/aromatic N) is 5. The summed E-state index contributed by atoms with van der Waals surface area (Å²) in [5.74, 6) is 2.63. The third-order valence-corrected chi connectivity index (χ3v) is 4.77. The lowest BCUT2D eigenvalue weighted by Crippen LogP contribution is -2.40. The van der Waals surface area contributed by atoms with Crippen molar-refractivity contribution in [3.63, 3.8) is 0 Å². The molecule has 136 valence electrons. The molecule has 3 rings (SSSR count). The zero-order chi connectivity index (χ0) is 17.6. The van der Waals surface area contributed by atoms with Crippen LogP contribution in [0.3, 0.4) is 0 Å². The Balaban J connectivity index is 1.46. The topological polar surface area (TPSA) is 77.0 Å². The first-order valence-corrected chi connectivity index (χ1v) is 9.26. The summed E-state index contributed by atoms with van der Waals surface area (Å²) in [6.07, 6.45) is 9.76. The van der Waals surface area contributed by atoms with Gasteiger partial charge in [0.25, 0.3) is 0 Å². The number of piperidine rings is 1. The molecule has 3 heterocycles. The van der Waals surface area contributed by atoms with Crippen molar-refractivity contribution in [2.75, 3.05) is 13.1 Å². The van der Waals surface area contributed by atoms with Crippen molar-refractivity contribution in [3.8, 4) is 0 Å². The number of carbonyl (C=O) groups excluding carboxylic acids is 1. The summed E-state index contributed by atoms with van der Waals surface area (Å²) < 4.78 is 7.42. The zero-order valence-electron chi connectivity index (χ0n) is 15.1. The molecule has 7 nitrogen and oxygen atoms in total. The molecule has 1 atom stereocenters. The van der Waals surface area contributed by atoms with Gasteiger partial charge in [0, 0.05) is 44.7 Å². The molecule has 1 aliphatic heterocycles. The van der Waals surface area contributed by atoms with Crippen LogP contribution in [0.4, 0.5) is 0 Å². The van der Waals surface area contributed by atoms with Gasteiger partial charge in [-0.15, -0.1) is 0 Å². The molecule has 1 fully saturated rings. The first kappa shape index (κ1) is 17.6. The standard InChI is InChI=1S/C18H27N5O2/c1-3-6-16-20-17(25-21-16)8-4-9-18(24)22-11-5-7-15(13-22)23-12-10-19-14(23)2/h10,12,15H,3-9,11,13H2,1-2H3/t15-/m0/s1. The lowest BCUT2D eigenvalue weighted by Gasteiger charge is -2.34. The maximum atomic E-state index is 12.5. The van der Waals surface area contributed by atoms with E-state index in [1.807, 2.05) is 24.2 Å². The summed E-state index contributed by atoms with van der Waals surface area (Å²) >= 11 is 0. The van der Waals surface area contributed by atoms with Crippen LogP contribution in [0.1, 0.15) is 62.6 Å². The molecule has 0 saturated carbocycles. The van der Waals surface area contributed by atoms with Gasteiger partial charge in [-0.1, -0.05) is 12.1 Å². The normalized spacial score (nSPS) is 17.8. The monoisotopic (exact) mass is 345 g/mol. The number of rotatable bonds is 7. The summed E-state index contributed by atoms with van der Waals surface area (Å²) in [7, 11) is 0. The maximum absolute atomic E-state index is 12.5. The number of hydrogen-bond acceptors (Lipinski definition) is 5. The van der Waals surface area contributed by atoms with E-state index >= 15 is 0 Å². The number of imidazole rings is 1. The average Bonchev–Trinajstić information content (AvgIpc) is 3.24. The van der Waals surface area contributed by atoms with Crippen LogP contribution in [0.25, 0.3) is 0 Å². The van der Waals surface area contributed by atoms with Gasteiger partial charge >= 0.3 is 0 Å². The Morgan fingerprint density at radius 3 is 3.04 bits per heavy atom. The fraction of sp³-hybridized carbons (Fsp3) is 0.667. The first-order chi connectivity index (χ1) is 12.2. The molecule has 1 saturated heterocycles. The van der Waals surface area contributed by atoms with Crippen LogP contribution in [0.2, 0.25) is 0 Å². The van der Waals surface area contributed by atoms with Crippen LogP contribution in [0, 0.1) is 6.92 Å². The van der Waals surface area contributed by atoms with Gasteiger partial charge in [-0.05, 0) is 32.6 Å². The number of aromatic nitrogens is 4. The van der Waals surface area contributed by atoms with Crippen LogP contribution < -0.4 is 0 Å². The minimum absolute atomic E-state index is 0.218. The molecule has 0 spiro atoms. The van der Waals surface area contributed by atoms with E-state index in [1.54, 1.807) is 0 Å². The predicted molar refractivity (Wildman–Crippen MR) is 93.0 cm³/mol. The third-order valence-electron chi connectivity index (χ3n) is 4.77. The second-order valence-electron chi connectivity index (χ2n) is 6.73. The van der Waals surface area contributed by atoms with E-state index < -0.39 is 0 Å². The van der Waals surface area contributed by atoms with Crippen molar-refractivity contribution >= 4 is 5.91 Å². The molecular weight excluding hydrogens is 318 g/mol. The van der Waals surface area contributed by atoms with E-state index in [-0.39, 0.29) is 5.91 Å². The molecule has 1 amide bonds. The van der Waals surface area contributed by atoms with E-state index in [0.717, 1.165) is 56.8 Å². The van der Waals surface area contributed by atoms with E-state index in [1.165, 1.54) is 0 Å². The Bertz CT molecular complexity index is 693. The SMILES string of the molecule is CCCc1noc(CCCC(=O)N2CCC[C@H](n3ccnc3C)C2)n1. The van der Waals surface area contributed by atoms with Crippen LogP contribution in [0.15, 0.2) is 16.9 Å². The molecule has 2 aromatic heterocycles. The quantitative estimate of drug-likeness (QED) is 0.771. The largest absolute Gasteiger partial charge is 0.341 e. The van der Waals surface area contributed by atoms with Gasteiger partial charge in [0.15, 0.2) is 5.82 Å². The van der Waals surface area contributed by atoms with Gasteiger partial charge in [0.05, 0.1) is 6.04 Å². The zero-order valence-corrected chi connectivity index (χ0v) is 15.1. The molecular formula is C18H27N5O2. The number of amides is 1. The van der Waals surface area contributed by atoms with E-state index in [0.29, 0.717) is 24.8 Å². The first-order valence-electron chi connectivity index (χ1n) is 9.26. The van der Waals surface area contributed by atoms with Crippen LogP contribution in [0.5, 0.6) is 0 Å². The molecule has 7 heteroatoms. The predicted octanol–water partition coefficient (Wildman–Crippen LogP) is 2.71. The highest BCUT2D eigenvalue weighted by Gasteiger charge is 2.25. The molecule has 0 aromatic carbocycles. The second kappa shape index (κ2) is 8.27. The Kier molecular flexibility index (Phi) is 5.83. The fourth-order valence-corrected chi connectivity index (χ4v) is 3.45. The molecule has 0 radical (unpaired) electrons. The van der Waals surface area contributed by atoms with Crippen molar-refractivity contribution in [3.05, 3.63) is 29.9 Å². The Labute approximate surface area is 148 Å². The van der Waals surface area contributed by atoms with Crippen molar-refractivity contribution in [1.29, 1.82) is 0 Å². The van der Waals surface area contributed by atoms with Gasteiger partial charge < -0.3 is 14.0 Å². The Hall–Kier alpha value is -2.18. The maximum Gasteiger partial charge on any atom is 0.226 e. The molecule has 0 N–H and O–H groups in total. The van der Waals surface area contributed by atoms with E-state index in [2.05, 4.69) is 26.6 Å². The molecule has 2 aromatic rings. The highest BCUT2D eigenvalue weighted by Crippen LogP contribution is 2.23. The molecule has 0 unspecified atom stereocenters. The number of hydrogen-bond donors (Lipinski definition) is 0. The summed E-state index contributed by atoms with van der Waals surface area (Å²) in [5, 5.41) is 3.95. The van der Waals surface area contributed by atoms with Crippen LogP contribution in [-0.4, -0.2) is 43.6 Å². The molecule has 1 aliphatic rings. The minimum Gasteiger partial charge on any atom is -0.341 e. The third kappa shape index (κ3) is 4.46. The van der Waals surface area contributed by atoms with E-state index in [9.17, 15) is 4.79 Å². The van der Waals surface area contributed by atoms with Gasteiger partial charge in [-0.3, -0.25) is 4.79 Å². The lowest BCUT2D eigenvalue weighted by molar-refractivity contribution is -0.132. The summed E-state index contributed by atoms with van der Waals surface area (Å²) in [5.41, 5.74) is 0. The van der Waals surface area contributed by atoms with Crippen molar-refractivity contribution in [2.24, 2.45) is 0 Å². The number of aryl methyl sites for hydroxylation is 3. The molecule has 0 bridgehead atoms. The van der Waals surface area contributed by atoms with Gasteiger partial charge in [-0.25, -0.2) is 4.98 Å². The molecule has 0 aliphatic carbocycles. The summed E-state index contributed by atoms with van der Waals surface area (Å²) in [6, 6.07) is 0.341. The Morgan fingerprint density at radius 2 is 2.28 bits per heavy atom. The minimum atomic E-state index is 0.218. The van der Waals surface area contributed by atoms with Crippen LogP contribution >= 0.6 is 0 Å². The summed E-state index contributed by atoms with van der Waals surface area (Å²) in [4.78, 5) is 23.2. The van der Waals surface area contributed by atoms with Gasteiger partial charge in [-0.2, -0.15) is 4.98 Å².